The molecule has 0 aliphatic heterocycles. The first-order chi connectivity index (χ1) is 7.14. The summed E-state index contributed by atoms with van der Waals surface area (Å²) in [6, 6.07) is 0. The van der Waals surface area contributed by atoms with E-state index in [1.54, 1.807) is 0 Å². The van der Waals surface area contributed by atoms with Gasteiger partial charge >= 0.3 is 5.97 Å². The van der Waals surface area contributed by atoms with Gasteiger partial charge in [0.1, 0.15) is 0 Å². The highest BCUT2D eigenvalue weighted by Gasteiger charge is 2.33. The second-order valence-electron chi connectivity index (χ2n) is 3.82. The van der Waals surface area contributed by atoms with Crippen molar-refractivity contribution >= 4 is 12.3 Å². The van der Waals surface area contributed by atoms with Crippen LogP contribution in [0, 0.1) is 0 Å². The number of hydrogen-bond donors (Lipinski definition) is 0. The maximum Gasteiger partial charge on any atom is 0.306 e. The topological polar surface area (TPSA) is 43.4 Å². The van der Waals surface area contributed by atoms with E-state index in [0.717, 1.165) is 19.3 Å². The Hall–Kier alpha value is -0.860. The Bertz CT molecular complexity index is 193. The molecule has 3 heteroatoms. The van der Waals surface area contributed by atoms with Gasteiger partial charge in [0.2, 0.25) is 6.29 Å². The van der Waals surface area contributed by atoms with E-state index in [0.29, 0.717) is 19.3 Å². The predicted molar refractivity (Wildman–Crippen MR) is 59.2 cm³/mol. The van der Waals surface area contributed by atoms with Gasteiger partial charge in [0.05, 0.1) is 0 Å². The van der Waals surface area contributed by atoms with Gasteiger partial charge in [0.25, 0.3) is 0 Å². The van der Waals surface area contributed by atoms with Crippen LogP contribution in [0.15, 0.2) is 0 Å². The number of esters is 1. The third kappa shape index (κ3) is 4.96. The van der Waals surface area contributed by atoms with Crippen LogP contribution in [0.4, 0.5) is 0 Å². The highest BCUT2D eigenvalue weighted by molar-refractivity contribution is 5.75. The molecule has 0 bridgehead atoms. The van der Waals surface area contributed by atoms with Crippen LogP contribution in [-0.2, 0) is 14.3 Å². The fourth-order valence-electron chi connectivity index (χ4n) is 1.63. The Morgan fingerprint density at radius 2 is 1.67 bits per heavy atom. The average molecular weight is 213 g/mol. The minimum absolute atomic E-state index is 0.289. The molecule has 0 aliphatic carbocycles. The van der Waals surface area contributed by atoms with E-state index in [1.807, 2.05) is 27.1 Å². The molecule has 0 unspecified atom stereocenters. The lowest BCUT2D eigenvalue weighted by atomic mass is 9.94. The van der Waals surface area contributed by atoms with Gasteiger partial charge in [-0.15, -0.1) is 0 Å². The Balaban J connectivity index is 4.44. The standard InChI is InChI=1S/C12H21O3/c1-4-7-11(14)15-12(10-13,8-5-2)9-6-3/h4-9H2,1-3H3. The monoisotopic (exact) mass is 213 g/mol. The van der Waals surface area contributed by atoms with Crippen LogP contribution in [0.25, 0.3) is 0 Å². The van der Waals surface area contributed by atoms with Gasteiger partial charge in [0.15, 0.2) is 5.60 Å². The molecule has 87 valence electrons. The highest BCUT2D eigenvalue weighted by Crippen LogP contribution is 2.23. The van der Waals surface area contributed by atoms with Crippen LogP contribution in [0.3, 0.4) is 0 Å². The van der Waals surface area contributed by atoms with Crippen molar-refractivity contribution in [1.29, 1.82) is 0 Å². The molecule has 15 heavy (non-hydrogen) atoms. The SMILES string of the molecule is CCCC(=O)OC([C]=O)(CCC)CCC. The Labute approximate surface area is 92.2 Å². The quantitative estimate of drug-likeness (QED) is 0.582. The van der Waals surface area contributed by atoms with Crippen LogP contribution in [-0.4, -0.2) is 17.9 Å². The third-order valence-corrected chi connectivity index (χ3v) is 2.26. The zero-order valence-corrected chi connectivity index (χ0v) is 9.97. The highest BCUT2D eigenvalue weighted by atomic mass is 16.6. The molecule has 0 aromatic rings. The molecule has 0 aromatic heterocycles. The van der Waals surface area contributed by atoms with Crippen molar-refractivity contribution in [2.45, 2.75) is 64.9 Å². The van der Waals surface area contributed by atoms with E-state index < -0.39 is 5.60 Å². The smallest absolute Gasteiger partial charge is 0.306 e. The molecule has 0 spiro atoms. The van der Waals surface area contributed by atoms with E-state index >= 15 is 0 Å². The van der Waals surface area contributed by atoms with E-state index in [-0.39, 0.29) is 5.97 Å². The molecule has 0 atom stereocenters. The summed E-state index contributed by atoms with van der Waals surface area (Å²) in [6.45, 7) is 5.85. The number of carbonyl (C=O) groups is 1. The van der Waals surface area contributed by atoms with Gasteiger partial charge in [-0.1, -0.05) is 33.6 Å². The lowest BCUT2D eigenvalue weighted by molar-refractivity contribution is -0.154. The van der Waals surface area contributed by atoms with Crippen molar-refractivity contribution < 1.29 is 14.3 Å². The van der Waals surface area contributed by atoms with Crippen molar-refractivity contribution in [2.75, 3.05) is 0 Å². The fraction of sp³-hybridized carbons (Fsp3) is 0.833. The van der Waals surface area contributed by atoms with Crippen LogP contribution in [0.1, 0.15) is 59.3 Å². The summed E-state index contributed by atoms with van der Waals surface area (Å²) < 4.78 is 5.25. The Morgan fingerprint density at radius 3 is 2.00 bits per heavy atom. The van der Waals surface area contributed by atoms with Crippen LogP contribution in [0.5, 0.6) is 0 Å². The van der Waals surface area contributed by atoms with Crippen LogP contribution in [0.2, 0.25) is 0 Å². The molecule has 0 N–H and O–H groups in total. The predicted octanol–water partition coefficient (Wildman–Crippen LogP) is 2.78. The lowest BCUT2D eigenvalue weighted by Crippen LogP contribution is -2.36. The maximum absolute atomic E-state index is 11.4. The van der Waals surface area contributed by atoms with E-state index in [1.165, 1.54) is 0 Å². The van der Waals surface area contributed by atoms with E-state index in [9.17, 15) is 9.59 Å². The minimum atomic E-state index is -0.990. The normalized spacial score (nSPS) is 11.1. The molecule has 3 nitrogen and oxygen atoms in total. The molecule has 0 saturated heterocycles. The number of rotatable bonds is 8. The summed E-state index contributed by atoms with van der Waals surface area (Å²) in [5.41, 5.74) is -0.990. The van der Waals surface area contributed by atoms with Crippen LogP contribution < -0.4 is 0 Å². The van der Waals surface area contributed by atoms with Gasteiger partial charge in [-0.25, -0.2) is 0 Å². The number of hydrogen-bond acceptors (Lipinski definition) is 3. The largest absolute Gasteiger partial charge is 0.450 e. The van der Waals surface area contributed by atoms with E-state index in [2.05, 4.69) is 0 Å². The molecular weight excluding hydrogens is 192 g/mol. The van der Waals surface area contributed by atoms with Crippen molar-refractivity contribution in [3.63, 3.8) is 0 Å². The number of carbonyl (C=O) groups excluding carboxylic acids is 2. The van der Waals surface area contributed by atoms with Gasteiger partial charge in [-0.2, -0.15) is 0 Å². The number of ether oxygens (including phenoxy) is 1. The average Bonchev–Trinajstić information content (AvgIpc) is 2.18. The van der Waals surface area contributed by atoms with Crippen molar-refractivity contribution in [1.82, 2.24) is 0 Å². The Kier molecular flexibility index (Phi) is 7.01. The Morgan fingerprint density at radius 1 is 1.13 bits per heavy atom. The van der Waals surface area contributed by atoms with Crippen molar-refractivity contribution in [3.8, 4) is 0 Å². The lowest BCUT2D eigenvalue weighted by Gasteiger charge is -2.26. The zero-order valence-electron chi connectivity index (χ0n) is 9.97. The first kappa shape index (κ1) is 14.1. The molecular formula is C12H21O3. The third-order valence-electron chi connectivity index (χ3n) is 2.26. The second-order valence-corrected chi connectivity index (χ2v) is 3.82. The van der Waals surface area contributed by atoms with Crippen LogP contribution >= 0.6 is 0 Å². The maximum atomic E-state index is 11.4. The molecule has 0 saturated carbocycles. The van der Waals surface area contributed by atoms with Crippen molar-refractivity contribution in [2.24, 2.45) is 0 Å². The van der Waals surface area contributed by atoms with E-state index in [4.69, 9.17) is 4.74 Å². The fourth-order valence-corrected chi connectivity index (χ4v) is 1.63. The summed E-state index contributed by atoms with van der Waals surface area (Å²) in [5.74, 6) is -0.289. The summed E-state index contributed by atoms with van der Waals surface area (Å²) in [5, 5.41) is 0. The summed E-state index contributed by atoms with van der Waals surface area (Å²) in [6.07, 6.45) is 5.79. The molecule has 0 fully saturated rings. The summed E-state index contributed by atoms with van der Waals surface area (Å²) in [4.78, 5) is 22.3. The van der Waals surface area contributed by atoms with Gasteiger partial charge in [0, 0.05) is 6.42 Å². The first-order valence-corrected chi connectivity index (χ1v) is 5.75. The zero-order chi connectivity index (χ0) is 11.7. The summed E-state index contributed by atoms with van der Waals surface area (Å²) >= 11 is 0. The molecule has 0 amide bonds. The minimum Gasteiger partial charge on any atom is -0.450 e. The van der Waals surface area contributed by atoms with Crippen molar-refractivity contribution in [3.05, 3.63) is 0 Å². The molecule has 0 aromatic carbocycles. The van der Waals surface area contributed by atoms with Gasteiger partial charge < -0.3 is 4.74 Å². The van der Waals surface area contributed by atoms with Gasteiger partial charge in [-0.3, -0.25) is 9.59 Å². The molecule has 0 rings (SSSR count). The molecule has 1 radical (unpaired) electrons. The first-order valence-electron chi connectivity index (χ1n) is 5.75. The summed E-state index contributed by atoms with van der Waals surface area (Å²) in [7, 11) is 0. The molecule has 0 aliphatic rings. The molecule has 0 heterocycles. The second kappa shape index (κ2) is 7.43. The van der Waals surface area contributed by atoms with Gasteiger partial charge in [-0.05, 0) is 19.3 Å².